The molecular formula is C19H29N3O3. The molecule has 6 heteroatoms. The minimum atomic E-state index is 0.214. The number of rotatable bonds is 5. The minimum absolute atomic E-state index is 0.214. The van der Waals surface area contributed by atoms with Crippen LogP contribution in [-0.4, -0.2) is 69.2 Å². The van der Waals surface area contributed by atoms with Gasteiger partial charge < -0.3 is 19.7 Å². The summed E-state index contributed by atoms with van der Waals surface area (Å²) in [7, 11) is 3.37. The minimum Gasteiger partial charge on any atom is -0.497 e. The van der Waals surface area contributed by atoms with Crippen LogP contribution < -0.4 is 14.8 Å². The molecule has 0 saturated carbocycles. The molecule has 1 aromatic rings. The number of hydrogen-bond acceptors (Lipinski definition) is 5. The quantitative estimate of drug-likeness (QED) is 0.871. The number of hydrogen-bond donors (Lipinski definition) is 1. The molecule has 0 radical (unpaired) electrons. The van der Waals surface area contributed by atoms with Gasteiger partial charge in [0.25, 0.3) is 0 Å². The highest BCUT2D eigenvalue weighted by molar-refractivity contribution is 5.79. The van der Waals surface area contributed by atoms with Crippen molar-refractivity contribution in [2.75, 3.05) is 53.5 Å². The summed E-state index contributed by atoms with van der Waals surface area (Å²) in [5.41, 5.74) is 1.12. The number of nitrogens with one attached hydrogen (secondary N) is 1. The first kappa shape index (κ1) is 18.0. The highest BCUT2D eigenvalue weighted by Gasteiger charge is 2.28. The van der Waals surface area contributed by atoms with Gasteiger partial charge >= 0.3 is 0 Å². The van der Waals surface area contributed by atoms with Gasteiger partial charge in [-0.05, 0) is 44.1 Å². The Morgan fingerprint density at radius 3 is 2.48 bits per heavy atom. The molecule has 1 amide bonds. The standard InChI is InChI=1S/C19H29N3O3/c1-24-17-3-4-18(25-2)16(13-17)14-21-9-11-22(12-10-21)19(23)15-5-7-20-8-6-15/h3-4,13,15,20H,5-12,14H2,1-2H3. The largest absolute Gasteiger partial charge is 0.497 e. The molecule has 0 bridgehead atoms. The van der Waals surface area contributed by atoms with E-state index in [9.17, 15) is 4.79 Å². The van der Waals surface area contributed by atoms with Crippen molar-refractivity contribution >= 4 is 5.91 Å². The molecule has 1 aromatic carbocycles. The van der Waals surface area contributed by atoms with Gasteiger partial charge in [-0.3, -0.25) is 9.69 Å². The molecule has 1 N–H and O–H groups in total. The van der Waals surface area contributed by atoms with Crippen molar-refractivity contribution in [1.29, 1.82) is 0 Å². The van der Waals surface area contributed by atoms with Crippen molar-refractivity contribution in [3.8, 4) is 11.5 Å². The smallest absolute Gasteiger partial charge is 0.225 e. The molecule has 2 saturated heterocycles. The molecule has 0 unspecified atom stereocenters. The van der Waals surface area contributed by atoms with Gasteiger partial charge in [-0.15, -0.1) is 0 Å². The molecule has 3 rings (SSSR count). The first-order chi connectivity index (χ1) is 12.2. The summed E-state index contributed by atoms with van der Waals surface area (Å²) in [5.74, 6) is 2.29. The van der Waals surface area contributed by atoms with E-state index in [2.05, 4.69) is 15.1 Å². The Labute approximate surface area is 150 Å². The second kappa shape index (κ2) is 8.54. The molecule has 0 atom stereocenters. The first-order valence-corrected chi connectivity index (χ1v) is 9.14. The third kappa shape index (κ3) is 4.44. The summed E-state index contributed by atoms with van der Waals surface area (Å²) < 4.78 is 10.8. The number of ether oxygens (including phenoxy) is 2. The summed E-state index contributed by atoms with van der Waals surface area (Å²) in [6.45, 7) is 6.17. The third-order valence-electron chi connectivity index (χ3n) is 5.25. The number of benzene rings is 1. The number of piperidine rings is 1. The molecule has 2 fully saturated rings. The lowest BCUT2D eigenvalue weighted by Gasteiger charge is -2.37. The Balaban J connectivity index is 1.55. The third-order valence-corrected chi connectivity index (χ3v) is 5.25. The lowest BCUT2D eigenvalue weighted by atomic mass is 9.96. The van der Waals surface area contributed by atoms with Crippen molar-refractivity contribution < 1.29 is 14.3 Å². The predicted octanol–water partition coefficient (Wildman–Crippen LogP) is 1.35. The van der Waals surface area contributed by atoms with Gasteiger partial charge in [-0.25, -0.2) is 0 Å². The maximum Gasteiger partial charge on any atom is 0.225 e. The fourth-order valence-electron chi connectivity index (χ4n) is 3.70. The fraction of sp³-hybridized carbons (Fsp3) is 0.632. The maximum atomic E-state index is 12.6. The predicted molar refractivity (Wildman–Crippen MR) is 97.0 cm³/mol. The monoisotopic (exact) mass is 347 g/mol. The summed E-state index contributed by atoms with van der Waals surface area (Å²) >= 11 is 0. The van der Waals surface area contributed by atoms with Crippen LogP contribution in [0.3, 0.4) is 0 Å². The Kier molecular flexibility index (Phi) is 6.15. The lowest BCUT2D eigenvalue weighted by molar-refractivity contribution is -0.138. The summed E-state index contributed by atoms with van der Waals surface area (Å²) in [4.78, 5) is 17.1. The zero-order chi connectivity index (χ0) is 17.6. The average molecular weight is 347 g/mol. The van der Waals surface area contributed by atoms with Gasteiger partial charge in [0.15, 0.2) is 0 Å². The van der Waals surface area contributed by atoms with E-state index in [4.69, 9.17) is 9.47 Å². The number of amides is 1. The molecular weight excluding hydrogens is 318 g/mol. The number of piperazine rings is 1. The molecule has 2 heterocycles. The number of methoxy groups -OCH3 is 2. The van der Waals surface area contributed by atoms with E-state index in [0.717, 1.165) is 75.7 Å². The second-order valence-corrected chi connectivity index (χ2v) is 6.80. The fourth-order valence-corrected chi connectivity index (χ4v) is 3.70. The first-order valence-electron chi connectivity index (χ1n) is 9.14. The van der Waals surface area contributed by atoms with Crippen molar-refractivity contribution in [3.05, 3.63) is 23.8 Å². The molecule has 2 aliphatic heterocycles. The van der Waals surface area contributed by atoms with E-state index in [1.165, 1.54) is 0 Å². The van der Waals surface area contributed by atoms with Crippen LogP contribution in [0.15, 0.2) is 18.2 Å². The Hall–Kier alpha value is -1.79. The SMILES string of the molecule is COc1ccc(OC)c(CN2CCN(C(=O)C3CCNCC3)CC2)c1. The van der Waals surface area contributed by atoms with Crippen LogP contribution >= 0.6 is 0 Å². The molecule has 0 aliphatic carbocycles. The van der Waals surface area contributed by atoms with Gasteiger partial charge in [0, 0.05) is 44.2 Å². The topological polar surface area (TPSA) is 54.0 Å². The normalized spacial score (nSPS) is 19.7. The van der Waals surface area contributed by atoms with Crippen LogP contribution in [0.1, 0.15) is 18.4 Å². The summed E-state index contributed by atoms with van der Waals surface area (Å²) in [6.07, 6.45) is 1.94. The van der Waals surface area contributed by atoms with Crippen molar-refractivity contribution in [1.82, 2.24) is 15.1 Å². The van der Waals surface area contributed by atoms with Crippen LogP contribution in [0, 0.1) is 5.92 Å². The van der Waals surface area contributed by atoms with Crippen LogP contribution in [-0.2, 0) is 11.3 Å². The highest BCUT2D eigenvalue weighted by atomic mass is 16.5. The van der Waals surface area contributed by atoms with E-state index >= 15 is 0 Å². The number of nitrogens with zero attached hydrogens (tertiary/aromatic N) is 2. The molecule has 25 heavy (non-hydrogen) atoms. The molecule has 138 valence electrons. The van der Waals surface area contributed by atoms with Gasteiger partial charge in [-0.1, -0.05) is 0 Å². The van der Waals surface area contributed by atoms with Gasteiger partial charge in [-0.2, -0.15) is 0 Å². The maximum absolute atomic E-state index is 12.6. The molecule has 2 aliphatic rings. The van der Waals surface area contributed by atoms with Gasteiger partial charge in [0.1, 0.15) is 11.5 Å². The van der Waals surface area contributed by atoms with E-state index < -0.39 is 0 Å². The average Bonchev–Trinajstić information content (AvgIpc) is 2.68. The Bertz CT molecular complexity index is 579. The van der Waals surface area contributed by atoms with E-state index in [1.54, 1.807) is 14.2 Å². The lowest BCUT2D eigenvalue weighted by Crippen LogP contribution is -2.51. The van der Waals surface area contributed by atoms with Crippen molar-refractivity contribution in [2.45, 2.75) is 19.4 Å². The van der Waals surface area contributed by atoms with Crippen LogP contribution in [0.2, 0.25) is 0 Å². The Morgan fingerprint density at radius 1 is 1.12 bits per heavy atom. The van der Waals surface area contributed by atoms with Crippen molar-refractivity contribution in [2.24, 2.45) is 5.92 Å². The van der Waals surface area contributed by atoms with Crippen molar-refractivity contribution in [3.63, 3.8) is 0 Å². The van der Waals surface area contributed by atoms with Crippen LogP contribution in [0.4, 0.5) is 0 Å². The molecule has 0 spiro atoms. The number of carbonyl (C=O) groups is 1. The Morgan fingerprint density at radius 2 is 1.84 bits per heavy atom. The highest BCUT2D eigenvalue weighted by Crippen LogP contribution is 2.26. The zero-order valence-corrected chi connectivity index (χ0v) is 15.3. The van der Waals surface area contributed by atoms with Gasteiger partial charge in [0.05, 0.1) is 14.2 Å². The van der Waals surface area contributed by atoms with E-state index in [0.29, 0.717) is 5.91 Å². The molecule has 6 nitrogen and oxygen atoms in total. The van der Waals surface area contributed by atoms with Crippen LogP contribution in [0.5, 0.6) is 11.5 Å². The zero-order valence-electron chi connectivity index (χ0n) is 15.3. The van der Waals surface area contributed by atoms with Gasteiger partial charge in [0.2, 0.25) is 5.91 Å². The number of carbonyl (C=O) groups excluding carboxylic acids is 1. The van der Waals surface area contributed by atoms with Crippen LogP contribution in [0.25, 0.3) is 0 Å². The second-order valence-electron chi connectivity index (χ2n) is 6.80. The summed E-state index contributed by atoms with van der Waals surface area (Å²) in [6, 6.07) is 5.90. The summed E-state index contributed by atoms with van der Waals surface area (Å²) in [5, 5.41) is 3.33. The van der Waals surface area contributed by atoms with E-state index in [-0.39, 0.29) is 5.92 Å². The molecule has 0 aromatic heterocycles. The van der Waals surface area contributed by atoms with E-state index in [1.807, 2.05) is 18.2 Å².